The lowest BCUT2D eigenvalue weighted by atomic mass is 10.2. The van der Waals surface area contributed by atoms with E-state index in [1.54, 1.807) is 12.1 Å². The van der Waals surface area contributed by atoms with E-state index in [1.807, 2.05) is 0 Å². The third-order valence-electron chi connectivity index (χ3n) is 3.05. The van der Waals surface area contributed by atoms with Crippen LogP contribution in [-0.2, 0) is 4.79 Å². The van der Waals surface area contributed by atoms with Gasteiger partial charge in [-0.3, -0.25) is 14.9 Å². The summed E-state index contributed by atoms with van der Waals surface area (Å²) in [6.45, 7) is -0.270. The van der Waals surface area contributed by atoms with Crippen LogP contribution < -0.4 is 14.9 Å². The van der Waals surface area contributed by atoms with Crippen LogP contribution in [0.3, 0.4) is 0 Å². The number of ether oxygens (including phenoxy) is 2. The molecule has 2 aromatic rings. The highest BCUT2D eigenvalue weighted by Gasteiger charge is 2.12. The predicted octanol–water partition coefficient (Wildman–Crippen LogP) is 3.66. The first-order chi connectivity index (χ1) is 12.4. The number of nitro groups is 1. The van der Waals surface area contributed by atoms with Crippen LogP contribution in [0.25, 0.3) is 0 Å². The van der Waals surface area contributed by atoms with E-state index in [0.717, 1.165) is 4.47 Å². The molecule has 136 valence electrons. The fourth-order valence-corrected chi connectivity index (χ4v) is 3.16. The summed E-state index contributed by atoms with van der Waals surface area (Å²) in [6.07, 6.45) is 1.37. The van der Waals surface area contributed by atoms with Crippen molar-refractivity contribution in [3.63, 3.8) is 0 Å². The van der Waals surface area contributed by atoms with E-state index in [4.69, 9.17) is 9.47 Å². The van der Waals surface area contributed by atoms with Crippen LogP contribution in [0.15, 0.2) is 50.4 Å². The Labute approximate surface area is 165 Å². The maximum Gasteiger partial charge on any atom is 0.277 e. The first-order valence-corrected chi connectivity index (χ1v) is 8.71. The lowest BCUT2D eigenvalue weighted by Gasteiger charge is -2.12. The maximum absolute atomic E-state index is 11.8. The molecule has 0 bridgehead atoms. The fraction of sp³-hybridized carbons (Fsp3) is 0.125. The van der Waals surface area contributed by atoms with Gasteiger partial charge in [0.2, 0.25) is 0 Å². The molecule has 8 nitrogen and oxygen atoms in total. The molecule has 0 unspecified atom stereocenters. The second kappa shape index (κ2) is 9.30. The summed E-state index contributed by atoms with van der Waals surface area (Å²) in [7, 11) is 1.50. The number of halogens is 2. The van der Waals surface area contributed by atoms with E-state index in [-0.39, 0.29) is 12.3 Å². The highest BCUT2D eigenvalue weighted by molar-refractivity contribution is 9.11. The normalized spacial score (nSPS) is 10.6. The molecule has 10 heteroatoms. The number of carbonyl (C=O) groups is 1. The van der Waals surface area contributed by atoms with Crippen molar-refractivity contribution in [1.29, 1.82) is 0 Å². The third kappa shape index (κ3) is 5.53. The van der Waals surface area contributed by atoms with Crippen molar-refractivity contribution in [2.75, 3.05) is 13.7 Å². The molecule has 0 radical (unpaired) electrons. The van der Waals surface area contributed by atoms with Gasteiger partial charge in [0.05, 0.1) is 22.7 Å². The largest absolute Gasteiger partial charge is 0.493 e. The van der Waals surface area contributed by atoms with Crippen LogP contribution in [-0.4, -0.2) is 30.8 Å². The number of nitrogens with one attached hydrogen (secondary N) is 1. The van der Waals surface area contributed by atoms with Gasteiger partial charge in [0.15, 0.2) is 18.1 Å². The van der Waals surface area contributed by atoms with Crippen molar-refractivity contribution in [2.24, 2.45) is 5.10 Å². The average Bonchev–Trinajstić information content (AvgIpc) is 2.60. The van der Waals surface area contributed by atoms with Gasteiger partial charge in [-0.05, 0) is 45.8 Å². The van der Waals surface area contributed by atoms with E-state index >= 15 is 0 Å². The zero-order valence-electron chi connectivity index (χ0n) is 13.4. The molecule has 0 aliphatic carbocycles. The number of nitrogens with zero attached hydrogens (tertiary/aromatic N) is 2. The fourth-order valence-electron chi connectivity index (χ4n) is 1.86. The Balaban J connectivity index is 1.90. The topological polar surface area (TPSA) is 103 Å². The van der Waals surface area contributed by atoms with Gasteiger partial charge in [-0.15, -0.1) is 0 Å². The van der Waals surface area contributed by atoms with Crippen molar-refractivity contribution in [3.05, 3.63) is 61.0 Å². The molecule has 0 atom stereocenters. The summed E-state index contributed by atoms with van der Waals surface area (Å²) in [5.74, 6) is 0.388. The number of amides is 1. The summed E-state index contributed by atoms with van der Waals surface area (Å²) in [6, 6.07) is 9.22. The van der Waals surface area contributed by atoms with Crippen molar-refractivity contribution in [2.45, 2.75) is 0 Å². The molecule has 0 saturated heterocycles. The van der Waals surface area contributed by atoms with Crippen LogP contribution in [0, 0.1) is 10.1 Å². The Morgan fingerprint density at radius 1 is 1.31 bits per heavy atom. The Morgan fingerprint density at radius 2 is 2.00 bits per heavy atom. The number of rotatable bonds is 7. The van der Waals surface area contributed by atoms with Crippen LogP contribution in [0.2, 0.25) is 0 Å². The highest BCUT2D eigenvalue weighted by atomic mass is 79.9. The van der Waals surface area contributed by atoms with Crippen molar-refractivity contribution in [1.82, 2.24) is 5.43 Å². The summed E-state index contributed by atoms with van der Waals surface area (Å²) in [4.78, 5) is 21.9. The standard InChI is InChI=1S/C16H13Br2N3O5/c1-25-14-7-11(17)6-13(18)16(14)26-9-15(22)20-19-8-10-2-4-12(5-3-10)21(23)24/h2-8H,9H2,1H3,(H,20,22)/b19-8-. The van der Waals surface area contributed by atoms with Gasteiger partial charge in [0, 0.05) is 16.6 Å². The molecule has 0 saturated carbocycles. The SMILES string of the molecule is COc1cc(Br)cc(Br)c1OCC(=O)N/N=C\c1ccc([N+](=O)[O-])cc1. The molecular weight excluding hydrogens is 474 g/mol. The summed E-state index contributed by atoms with van der Waals surface area (Å²) in [5.41, 5.74) is 2.90. The smallest absolute Gasteiger partial charge is 0.277 e. The van der Waals surface area contributed by atoms with Crippen LogP contribution in [0.5, 0.6) is 11.5 Å². The number of methoxy groups -OCH3 is 1. The Kier molecular flexibility index (Phi) is 7.10. The molecule has 2 rings (SSSR count). The number of carbonyl (C=O) groups excluding carboxylic acids is 1. The number of nitro benzene ring substituents is 1. The lowest BCUT2D eigenvalue weighted by molar-refractivity contribution is -0.384. The Hall–Kier alpha value is -2.46. The van der Waals surface area contributed by atoms with Gasteiger partial charge in [-0.2, -0.15) is 5.10 Å². The van der Waals surface area contributed by atoms with Gasteiger partial charge in [0.25, 0.3) is 11.6 Å². The Bertz CT molecular complexity index is 841. The zero-order valence-corrected chi connectivity index (χ0v) is 16.6. The van der Waals surface area contributed by atoms with Crippen molar-refractivity contribution < 1.29 is 19.2 Å². The Morgan fingerprint density at radius 3 is 2.62 bits per heavy atom. The van der Waals surface area contributed by atoms with E-state index in [9.17, 15) is 14.9 Å². The van der Waals surface area contributed by atoms with E-state index in [1.165, 1.54) is 37.6 Å². The minimum absolute atomic E-state index is 0.0198. The van der Waals surface area contributed by atoms with Crippen molar-refractivity contribution in [3.8, 4) is 11.5 Å². The van der Waals surface area contributed by atoms with Gasteiger partial charge in [0.1, 0.15) is 0 Å². The molecule has 0 heterocycles. The van der Waals surface area contributed by atoms with Crippen molar-refractivity contribution >= 4 is 49.7 Å². The maximum atomic E-state index is 11.8. The van der Waals surface area contributed by atoms with Crippen LogP contribution in [0.4, 0.5) is 5.69 Å². The number of hydrogen-bond donors (Lipinski definition) is 1. The van der Waals surface area contributed by atoms with Gasteiger partial charge < -0.3 is 9.47 Å². The summed E-state index contributed by atoms with van der Waals surface area (Å²) in [5, 5.41) is 14.4. The quantitative estimate of drug-likeness (QED) is 0.365. The zero-order chi connectivity index (χ0) is 19.1. The van der Waals surface area contributed by atoms with Gasteiger partial charge in [-0.25, -0.2) is 5.43 Å². The number of benzene rings is 2. The highest BCUT2D eigenvalue weighted by Crippen LogP contribution is 2.38. The minimum atomic E-state index is -0.492. The molecule has 0 aliphatic rings. The number of hydrazone groups is 1. The molecule has 0 fully saturated rings. The number of non-ortho nitro benzene ring substituents is 1. The monoisotopic (exact) mass is 485 g/mol. The van der Waals surface area contributed by atoms with Gasteiger partial charge in [-0.1, -0.05) is 15.9 Å². The molecule has 0 spiro atoms. The molecule has 1 amide bonds. The third-order valence-corrected chi connectivity index (χ3v) is 4.10. The molecular formula is C16H13Br2N3O5. The lowest BCUT2D eigenvalue weighted by Crippen LogP contribution is -2.24. The number of hydrogen-bond acceptors (Lipinski definition) is 6. The molecule has 26 heavy (non-hydrogen) atoms. The van der Waals surface area contributed by atoms with E-state index in [0.29, 0.717) is 21.5 Å². The molecule has 0 aliphatic heterocycles. The predicted molar refractivity (Wildman–Crippen MR) is 103 cm³/mol. The van der Waals surface area contributed by atoms with Crippen LogP contribution in [0.1, 0.15) is 5.56 Å². The summed E-state index contributed by atoms with van der Waals surface area (Å²) >= 11 is 6.68. The minimum Gasteiger partial charge on any atom is -0.493 e. The average molecular weight is 487 g/mol. The second-order valence-corrected chi connectivity index (χ2v) is 6.62. The van der Waals surface area contributed by atoms with E-state index < -0.39 is 10.8 Å². The van der Waals surface area contributed by atoms with Crippen LogP contribution >= 0.6 is 31.9 Å². The van der Waals surface area contributed by atoms with Gasteiger partial charge >= 0.3 is 0 Å². The summed E-state index contributed by atoms with van der Waals surface area (Å²) < 4.78 is 12.1. The first kappa shape index (κ1) is 19.9. The molecule has 1 N–H and O–H groups in total. The van der Waals surface area contributed by atoms with E-state index in [2.05, 4.69) is 42.4 Å². The molecule has 0 aromatic heterocycles. The second-order valence-electron chi connectivity index (χ2n) is 4.85. The molecule has 2 aromatic carbocycles. The first-order valence-electron chi connectivity index (χ1n) is 7.13.